The Morgan fingerprint density at radius 1 is 1.35 bits per heavy atom. The van der Waals surface area contributed by atoms with Crippen molar-refractivity contribution in [1.29, 1.82) is 0 Å². The minimum Gasteiger partial charge on any atom is -0.480 e. The zero-order chi connectivity index (χ0) is 12.3. The number of hydrogen-bond acceptors (Lipinski definition) is 3. The van der Waals surface area contributed by atoms with Crippen LogP contribution >= 0.6 is 0 Å². The molecule has 0 aliphatic rings. The number of rotatable bonds is 4. The third kappa shape index (κ3) is 2.70. The fourth-order valence-corrected chi connectivity index (χ4v) is 1.51. The second-order valence-electron chi connectivity index (χ2n) is 3.74. The normalized spacial score (nSPS) is 12.3. The first kappa shape index (κ1) is 11.3. The Kier molecular flexibility index (Phi) is 3.20. The van der Waals surface area contributed by atoms with Crippen molar-refractivity contribution in [3.63, 3.8) is 0 Å². The second-order valence-corrected chi connectivity index (χ2v) is 3.74. The molecule has 1 aromatic carbocycles. The van der Waals surface area contributed by atoms with Crippen molar-refractivity contribution in [1.82, 2.24) is 9.78 Å². The number of aliphatic carboxylic acids is 1. The number of carboxylic acid groups (broad SMARTS) is 1. The molecular formula is C12H13N3O2. The molecule has 5 heteroatoms. The molecule has 88 valence electrons. The third-order valence-corrected chi connectivity index (χ3v) is 2.41. The van der Waals surface area contributed by atoms with E-state index >= 15 is 0 Å². The minimum atomic E-state index is -1.01. The van der Waals surface area contributed by atoms with Crippen LogP contribution in [0.25, 0.3) is 5.69 Å². The molecule has 0 unspecified atom stereocenters. The molecule has 1 heterocycles. The molecule has 3 N–H and O–H groups in total. The van der Waals surface area contributed by atoms with Crippen molar-refractivity contribution >= 4 is 5.97 Å². The number of hydrogen-bond donors (Lipinski definition) is 2. The van der Waals surface area contributed by atoms with Gasteiger partial charge in [0.15, 0.2) is 0 Å². The van der Waals surface area contributed by atoms with Crippen LogP contribution in [-0.2, 0) is 11.2 Å². The van der Waals surface area contributed by atoms with E-state index in [1.807, 2.05) is 30.3 Å². The molecule has 2 rings (SSSR count). The van der Waals surface area contributed by atoms with E-state index in [2.05, 4.69) is 5.10 Å². The molecule has 0 saturated carbocycles. The molecular weight excluding hydrogens is 218 g/mol. The molecule has 0 aliphatic carbocycles. The van der Waals surface area contributed by atoms with Gasteiger partial charge in [0.05, 0.1) is 11.4 Å². The quantitative estimate of drug-likeness (QED) is 0.816. The fraction of sp³-hybridized carbons (Fsp3) is 0.167. The summed E-state index contributed by atoms with van der Waals surface area (Å²) in [6.45, 7) is 0. The van der Waals surface area contributed by atoms with Crippen LogP contribution < -0.4 is 5.73 Å². The van der Waals surface area contributed by atoms with Gasteiger partial charge in [-0.1, -0.05) is 18.2 Å². The zero-order valence-electron chi connectivity index (χ0n) is 9.15. The van der Waals surface area contributed by atoms with E-state index in [9.17, 15) is 4.79 Å². The lowest BCUT2D eigenvalue weighted by atomic mass is 10.2. The maximum Gasteiger partial charge on any atom is 0.320 e. The van der Waals surface area contributed by atoms with Crippen LogP contribution in [0, 0.1) is 0 Å². The Bertz CT molecular complexity index is 507. The van der Waals surface area contributed by atoms with Gasteiger partial charge < -0.3 is 10.8 Å². The summed E-state index contributed by atoms with van der Waals surface area (Å²) in [4.78, 5) is 10.6. The van der Waals surface area contributed by atoms with E-state index in [1.165, 1.54) is 0 Å². The first-order chi connectivity index (χ1) is 8.16. The third-order valence-electron chi connectivity index (χ3n) is 2.41. The molecule has 17 heavy (non-hydrogen) atoms. The maximum absolute atomic E-state index is 10.6. The first-order valence-electron chi connectivity index (χ1n) is 5.25. The van der Waals surface area contributed by atoms with Crippen molar-refractivity contribution in [3.05, 3.63) is 48.3 Å². The van der Waals surface area contributed by atoms with E-state index in [0.29, 0.717) is 5.69 Å². The Balaban J connectivity index is 2.14. The highest BCUT2D eigenvalue weighted by Gasteiger charge is 2.13. The van der Waals surface area contributed by atoms with Gasteiger partial charge in [-0.15, -0.1) is 0 Å². The summed E-state index contributed by atoms with van der Waals surface area (Å²) in [6, 6.07) is 10.5. The fourth-order valence-electron chi connectivity index (χ4n) is 1.51. The van der Waals surface area contributed by atoms with Gasteiger partial charge in [-0.25, -0.2) is 4.68 Å². The van der Waals surface area contributed by atoms with Gasteiger partial charge in [-0.05, 0) is 18.2 Å². The van der Waals surface area contributed by atoms with E-state index in [4.69, 9.17) is 10.8 Å². The Hall–Kier alpha value is -2.14. The highest BCUT2D eigenvalue weighted by molar-refractivity contribution is 5.73. The Morgan fingerprint density at radius 2 is 2.06 bits per heavy atom. The van der Waals surface area contributed by atoms with Gasteiger partial charge in [-0.2, -0.15) is 5.10 Å². The van der Waals surface area contributed by atoms with E-state index in [1.54, 1.807) is 16.9 Å². The van der Waals surface area contributed by atoms with Gasteiger partial charge in [-0.3, -0.25) is 4.79 Å². The molecule has 0 bridgehead atoms. The summed E-state index contributed by atoms with van der Waals surface area (Å²) in [6.07, 6.45) is 2.02. The zero-order valence-corrected chi connectivity index (χ0v) is 9.15. The molecule has 0 spiro atoms. The molecule has 0 amide bonds. The smallest absolute Gasteiger partial charge is 0.320 e. The predicted molar refractivity (Wildman–Crippen MR) is 62.9 cm³/mol. The number of aromatic nitrogens is 2. The van der Waals surface area contributed by atoms with Crippen LogP contribution in [0.4, 0.5) is 0 Å². The highest BCUT2D eigenvalue weighted by atomic mass is 16.4. The molecule has 0 saturated heterocycles. The molecule has 0 aliphatic heterocycles. The standard InChI is InChI=1S/C12H13N3O2/c13-11(12(16)17)8-9-6-7-15(14-9)10-4-2-1-3-5-10/h1-7,11H,8,13H2,(H,16,17)/t11-/m0/s1. The number of nitrogens with two attached hydrogens (primary N) is 1. The van der Waals surface area contributed by atoms with Gasteiger partial charge in [0.25, 0.3) is 0 Å². The minimum absolute atomic E-state index is 0.231. The molecule has 0 radical (unpaired) electrons. The predicted octanol–water partition coefficient (Wildman–Crippen LogP) is 0.827. The number of benzene rings is 1. The van der Waals surface area contributed by atoms with Crippen molar-refractivity contribution < 1.29 is 9.90 Å². The van der Waals surface area contributed by atoms with E-state index in [0.717, 1.165) is 5.69 Å². The van der Waals surface area contributed by atoms with Crippen LogP contribution in [0.15, 0.2) is 42.6 Å². The summed E-state index contributed by atoms with van der Waals surface area (Å²) in [5.41, 5.74) is 7.05. The number of nitrogens with zero attached hydrogens (tertiary/aromatic N) is 2. The topological polar surface area (TPSA) is 81.1 Å². The van der Waals surface area contributed by atoms with E-state index < -0.39 is 12.0 Å². The summed E-state index contributed by atoms with van der Waals surface area (Å²) >= 11 is 0. The molecule has 2 aromatic rings. The molecule has 1 aromatic heterocycles. The summed E-state index contributed by atoms with van der Waals surface area (Å²) in [7, 11) is 0. The van der Waals surface area contributed by atoms with Gasteiger partial charge in [0.1, 0.15) is 6.04 Å². The number of carboxylic acids is 1. The maximum atomic E-state index is 10.6. The Morgan fingerprint density at radius 3 is 2.71 bits per heavy atom. The first-order valence-corrected chi connectivity index (χ1v) is 5.25. The SMILES string of the molecule is N[C@@H](Cc1ccn(-c2ccccc2)n1)C(=O)O. The Labute approximate surface area is 98.5 Å². The average molecular weight is 231 g/mol. The number of para-hydroxylation sites is 1. The van der Waals surface area contributed by atoms with Crippen molar-refractivity contribution in [2.75, 3.05) is 0 Å². The second kappa shape index (κ2) is 4.80. The van der Waals surface area contributed by atoms with Crippen LogP contribution in [-0.4, -0.2) is 26.9 Å². The van der Waals surface area contributed by atoms with Gasteiger partial charge >= 0.3 is 5.97 Å². The highest BCUT2D eigenvalue weighted by Crippen LogP contribution is 2.07. The average Bonchev–Trinajstić information content (AvgIpc) is 2.78. The summed E-state index contributed by atoms with van der Waals surface area (Å²) in [5.74, 6) is -1.01. The van der Waals surface area contributed by atoms with Crippen LogP contribution in [0.1, 0.15) is 5.69 Å². The van der Waals surface area contributed by atoms with Gasteiger partial charge in [0, 0.05) is 12.6 Å². The van der Waals surface area contributed by atoms with Crippen LogP contribution in [0.3, 0.4) is 0 Å². The molecule has 5 nitrogen and oxygen atoms in total. The number of carbonyl (C=O) groups is 1. The van der Waals surface area contributed by atoms with Crippen molar-refractivity contribution in [2.45, 2.75) is 12.5 Å². The summed E-state index contributed by atoms with van der Waals surface area (Å²) < 4.78 is 1.70. The summed E-state index contributed by atoms with van der Waals surface area (Å²) in [5, 5.41) is 13.0. The van der Waals surface area contributed by atoms with Crippen LogP contribution in [0.5, 0.6) is 0 Å². The molecule has 0 fully saturated rings. The van der Waals surface area contributed by atoms with E-state index in [-0.39, 0.29) is 6.42 Å². The molecule has 1 atom stereocenters. The largest absolute Gasteiger partial charge is 0.480 e. The lowest BCUT2D eigenvalue weighted by Crippen LogP contribution is -2.32. The monoisotopic (exact) mass is 231 g/mol. The van der Waals surface area contributed by atoms with Crippen LogP contribution in [0.2, 0.25) is 0 Å². The van der Waals surface area contributed by atoms with Gasteiger partial charge in [0.2, 0.25) is 0 Å². The lowest BCUT2D eigenvalue weighted by Gasteiger charge is -2.03. The lowest BCUT2D eigenvalue weighted by molar-refractivity contribution is -0.138. The van der Waals surface area contributed by atoms with Crippen molar-refractivity contribution in [3.8, 4) is 5.69 Å². The van der Waals surface area contributed by atoms with Crippen molar-refractivity contribution in [2.24, 2.45) is 5.73 Å².